The zero-order valence-corrected chi connectivity index (χ0v) is 20.9. The Hall–Kier alpha value is -1.86. The molecular formula is C23H27Br2N3O2. The first-order valence-corrected chi connectivity index (χ1v) is 11.6. The van der Waals surface area contributed by atoms with Gasteiger partial charge in [-0.1, -0.05) is 28.9 Å². The lowest BCUT2D eigenvalue weighted by atomic mass is 9.79. The van der Waals surface area contributed by atoms with Crippen molar-refractivity contribution >= 4 is 49.7 Å². The van der Waals surface area contributed by atoms with E-state index in [1.54, 1.807) is 12.3 Å². The van der Waals surface area contributed by atoms with Crippen molar-refractivity contribution in [3.05, 3.63) is 56.5 Å². The molecule has 30 heavy (non-hydrogen) atoms. The second-order valence-corrected chi connectivity index (χ2v) is 9.91. The van der Waals surface area contributed by atoms with E-state index in [-0.39, 0.29) is 18.1 Å². The number of nitrogens with one attached hydrogen (secondary N) is 1. The lowest BCUT2D eigenvalue weighted by molar-refractivity contribution is -0.123. The summed E-state index contributed by atoms with van der Waals surface area (Å²) in [5.41, 5.74) is 6.26. The van der Waals surface area contributed by atoms with Gasteiger partial charge in [0.2, 0.25) is 0 Å². The van der Waals surface area contributed by atoms with Gasteiger partial charge in [-0.25, -0.2) is 5.43 Å². The zero-order valence-electron chi connectivity index (χ0n) is 17.7. The number of carbonyl (C=O) groups excluding carboxylic acids is 1. The van der Waals surface area contributed by atoms with Gasteiger partial charge in [-0.2, -0.15) is 5.10 Å². The third-order valence-corrected chi connectivity index (χ3v) is 6.49. The van der Waals surface area contributed by atoms with Crippen LogP contribution in [0.3, 0.4) is 0 Å². The molecule has 7 heteroatoms. The smallest absolute Gasteiger partial charge is 0.277 e. The van der Waals surface area contributed by atoms with E-state index in [0.717, 1.165) is 27.5 Å². The summed E-state index contributed by atoms with van der Waals surface area (Å²) >= 11 is 6.80. The Morgan fingerprint density at radius 3 is 2.77 bits per heavy atom. The number of benzene rings is 2. The molecule has 5 nitrogen and oxygen atoms in total. The van der Waals surface area contributed by atoms with Crippen molar-refractivity contribution in [2.45, 2.75) is 45.6 Å². The lowest BCUT2D eigenvalue weighted by Crippen LogP contribution is -2.48. The van der Waals surface area contributed by atoms with Crippen molar-refractivity contribution in [2.75, 3.05) is 18.1 Å². The van der Waals surface area contributed by atoms with Gasteiger partial charge in [0.25, 0.3) is 5.91 Å². The molecule has 1 aliphatic rings. The number of anilines is 1. The highest BCUT2D eigenvalue weighted by atomic mass is 79.9. The molecule has 2 aromatic rings. The second-order valence-electron chi connectivity index (χ2n) is 8.14. The first kappa shape index (κ1) is 22.8. The molecule has 1 aliphatic heterocycles. The van der Waals surface area contributed by atoms with Gasteiger partial charge in [0.15, 0.2) is 6.61 Å². The fourth-order valence-electron chi connectivity index (χ4n) is 4.13. The number of amides is 1. The van der Waals surface area contributed by atoms with Gasteiger partial charge in [-0.05, 0) is 90.5 Å². The molecule has 1 N–H and O–H groups in total. The fourth-order valence-corrected chi connectivity index (χ4v) is 5.30. The SMILES string of the molecule is CCN1c2ccc(/C=N/NC(=O)COc3ccc(Br)cc3Br)cc2C(C)CC1(C)C. The Morgan fingerprint density at radius 2 is 2.07 bits per heavy atom. The minimum atomic E-state index is -0.314. The predicted octanol–water partition coefficient (Wildman–Crippen LogP) is 5.85. The summed E-state index contributed by atoms with van der Waals surface area (Å²) in [4.78, 5) is 14.5. The monoisotopic (exact) mass is 535 g/mol. The van der Waals surface area contributed by atoms with Crippen LogP contribution >= 0.6 is 31.9 Å². The first-order valence-electron chi connectivity index (χ1n) is 10.0. The Kier molecular flexibility index (Phi) is 7.24. The Morgan fingerprint density at radius 1 is 1.30 bits per heavy atom. The molecule has 0 saturated heterocycles. The van der Waals surface area contributed by atoms with Crippen LogP contribution in [0.15, 0.2) is 50.4 Å². The zero-order chi connectivity index (χ0) is 21.9. The largest absolute Gasteiger partial charge is 0.483 e. The van der Waals surface area contributed by atoms with E-state index in [2.05, 4.69) is 87.1 Å². The summed E-state index contributed by atoms with van der Waals surface area (Å²) in [7, 11) is 0. The summed E-state index contributed by atoms with van der Waals surface area (Å²) in [5.74, 6) is 0.759. The normalized spacial score (nSPS) is 17.7. The summed E-state index contributed by atoms with van der Waals surface area (Å²) in [6.07, 6.45) is 2.78. The van der Waals surface area contributed by atoms with E-state index >= 15 is 0 Å². The van der Waals surface area contributed by atoms with Crippen LogP contribution in [0.2, 0.25) is 0 Å². The summed E-state index contributed by atoms with van der Waals surface area (Å²) in [6, 6.07) is 11.9. The Balaban J connectivity index is 1.61. The van der Waals surface area contributed by atoms with Crippen LogP contribution in [0.4, 0.5) is 5.69 Å². The average molecular weight is 537 g/mol. The molecular weight excluding hydrogens is 510 g/mol. The molecule has 1 unspecified atom stereocenters. The van der Waals surface area contributed by atoms with Crippen molar-refractivity contribution in [1.82, 2.24) is 5.43 Å². The van der Waals surface area contributed by atoms with Crippen molar-refractivity contribution in [2.24, 2.45) is 5.10 Å². The molecule has 1 atom stereocenters. The predicted molar refractivity (Wildman–Crippen MR) is 130 cm³/mol. The molecule has 1 amide bonds. The number of ether oxygens (including phenoxy) is 1. The standard InChI is InChI=1S/C23H27Br2N3O2/c1-5-28-20-8-6-16(10-18(20)15(2)12-23(28,3)4)13-26-27-22(29)14-30-21-9-7-17(24)11-19(21)25/h6-11,13,15H,5,12,14H2,1-4H3,(H,27,29)/b26-13+. The van der Waals surface area contributed by atoms with E-state index in [9.17, 15) is 4.79 Å². The van der Waals surface area contributed by atoms with Gasteiger partial charge in [0.05, 0.1) is 10.7 Å². The van der Waals surface area contributed by atoms with Crippen LogP contribution in [0.1, 0.15) is 51.2 Å². The molecule has 160 valence electrons. The van der Waals surface area contributed by atoms with E-state index in [4.69, 9.17) is 4.74 Å². The highest BCUT2D eigenvalue weighted by Crippen LogP contribution is 2.43. The summed E-state index contributed by atoms with van der Waals surface area (Å²) in [6.45, 7) is 9.94. The van der Waals surface area contributed by atoms with Gasteiger partial charge < -0.3 is 9.64 Å². The number of hydrogen-bond donors (Lipinski definition) is 1. The Bertz CT molecular complexity index is 959. The van der Waals surface area contributed by atoms with Gasteiger partial charge in [0.1, 0.15) is 5.75 Å². The van der Waals surface area contributed by atoms with Gasteiger partial charge >= 0.3 is 0 Å². The minimum absolute atomic E-state index is 0.112. The lowest BCUT2D eigenvalue weighted by Gasteiger charge is -2.47. The van der Waals surface area contributed by atoms with Crippen molar-refractivity contribution < 1.29 is 9.53 Å². The molecule has 0 aliphatic carbocycles. The van der Waals surface area contributed by atoms with E-state index < -0.39 is 0 Å². The maximum atomic E-state index is 12.0. The number of hydrazone groups is 1. The van der Waals surface area contributed by atoms with Gasteiger partial charge in [-0.3, -0.25) is 4.79 Å². The van der Waals surface area contributed by atoms with Crippen LogP contribution in [0.25, 0.3) is 0 Å². The number of nitrogens with zero attached hydrogens (tertiary/aromatic N) is 2. The van der Waals surface area contributed by atoms with Crippen LogP contribution in [0.5, 0.6) is 5.75 Å². The van der Waals surface area contributed by atoms with E-state index in [1.165, 1.54) is 11.3 Å². The number of halogens is 2. The summed E-state index contributed by atoms with van der Waals surface area (Å²) in [5, 5.41) is 4.09. The highest BCUT2D eigenvalue weighted by Gasteiger charge is 2.35. The molecule has 0 spiro atoms. The van der Waals surface area contributed by atoms with Gasteiger partial charge in [0, 0.05) is 22.2 Å². The number of carbonyl (C=O) groups is 1. The number of hydrogen-bond acceptors (Lipinski definition) is 4. The molecule has 0 bridgehead atoms. The van der Waals surface area contributed by atoms with Gasteiger partial charge in [-0.15, -0.1) is 0 Å². The molecule has 3 rings (SSSR count). The quantitative estimate of drug-likeness (QED) is 0.372. The van der Waals surface area contributed by atoms with E-state index in [0.29, 0.717) is 11.7 Å². The molecule has 2 aromatic carbocycles. The number of fused-ring (bicyclic) bond motifs is 1. The topological polar surface area (TPSA) is 53.9 Å². The minimum Gasteiger partial charge on any atom is -0.483 e. The molecule has 0 fully saturated rings. The highest BCUT2D eigenvalue weighted by molar-refractivity contribution is 9.11. The van der Waals surface area contributed by atoms with E-state index in [1.807, 2.05) is 18.2 Å². The van der Waals surface area contributed by atoms with Crippen molar-refractivity contribution in [1.29, 1.82) is 0 Å². The molecule has 0 saturated carbocycles. The average Bonchev–Trinajstić information content (AvgIpc) is 2.67. The maximum Gasteiger partial charge on any atom is 0.277 e. The van der Waals surface area contributed by atoms with Crippen LogP contribution in [-0.2, 0) is 4.79 Å². The maximum absolute atomic E-state index is 12.0. The molecule has 0 radical (unpaired) electrons. The summed E-state index contributed by atoms with van der Waals surface area (Å²) < 4.78 is 7.24. The van der Waals surface area contributed by atoms with Crippen LogP contribution < -0.4 is 15.1 Å². The second kappa shape index (κ2) is 9.52. The molecule has 0 aromatic heterocycles. The number of rotatable bonds is 6. The molecule has 1 heterocycles. The van der Waals surface area contributed by atoms with Crippen molar-refractivity contribution in [3.63, 3.8) is 0 Å². The Labute approximate surface area is 195 Å². The van der Waals surface area contributed by atoms with Crippen LogP contribution in [0, 0.1) is 0 Å². The fraction of sp³-hybridized carbons (Fsp3) is 0.391. The third kappa shape index (κ3) is 5.24. The first-order chi connectivity index (χ1) is 14.2. The third-order valence-electron chi connectivity index (χ3n) is 5.38. The van der Waals surface area contributed by atoms with Crippen molar-refractivity contribution in [3.8, 4) is 5.75 Å². The van der Waals surface area contributed by atoms with Crippen LogP contribution in [-0.4, -0.2) is 30.8 Å².